The Kier molecular flexibility index (Phi) is 51.4. The van der Waals surface area contributed by atoms with Gasteiger partial charge in [-0.3, -0.25) is 4.79 Å². The number of methoxy groups -OCH3 is 3. The Hall–Kier alpha value is -6.53. The average Bonchev–Trinajstić information content (AvgIpc) is 3.42. The number of carboxylic acids is 1. The van der Waals surface area contributed by atoms with Crippen LogP contribution in [0.3, 0.4) is 0 Å². The number of amides is 4. The standard InChI is InChI=1S/C15H26FNO4.C15H27NO5.C15H25NO5.C14H24FNO4.CH4.B/c1-6-7-8-11(16)9-10-12(13(18)20-5)17-14(19)21-15(2,3)4;2*1-6-7-8-11(17)9-10-12(13(18)20-5)16-14(19)21-15(2,3)4;1-5-6-7-10(15)8-9-11(12(17)18)16-13(19)20-14(2,3)4;;/h6,11-12H,1,7-10H2,2-5H3,(H,17,19);6,11-12,17H,1,7-10H2,2-5H3,(H,16,19);6,12H,1,7-10H2,2-5H3,(H,16,19);5,10-11H,1,6-9H2,2-4H3,(H,16,19)(H,17,18);1H4;. The highest BCUT2D eigenvalue weighted by Gasteiger charge is 2.29. The number of hydrogen-bond donors (Lipinski definition) is 6. The summed E-state index contributed by atoms with van der Waals surface area (Å²) in [6.07, 6.45) is 6.46. The molecular weight excluding hydrogens is 1110 g/mol. The highest BCUT2D eigenvalue weighted by atomic mass is 19.1. The van der Waals surface area contributed by atoms with Crippen molar-refractivity contribution in [2.75, 3.05) is 21.3 Å². The van der Waals surface area contributed by atoms with E-state index >= 15 is 0 Å². The number of alkyl carbamates (subject to hydrolysis) is 4. The van der Waals surface area contributed by atoms with Gasteiger partial charge in [-0.15, -0.1) is 26.3 Å². The molecule has 4 amide bonds. The number of ketones is 1. The van der Waals surface area contributed by atoms with E-state index in [9.17, 15) is 57.0 Å². The van der Waals surface area contributed by atoms with Crippen LogP contribution < -0.4 is 21.3 Å². The quantitative estimate of drug-likeness (QED) is 0.0158. The fourth-order valence-corrected chi connectivity index (χ4v) is 6.32. The second-order valence-corrected chi connectivity index (χ2v) is 22.8. The van der Waals surface area contributed by atoms with Gasteiger partial charge in [-0.05, 0) is 173 Å². The molecule has 0 aliphatic heterocycles. The van der Waals surface area contributed by atoms with Crippen LogP contribution in [0.2, 0.25) is 0 Å². The van der Waals surface area contributed by atoms with E-state index in [1.807, 2.05) is 0 Å². The van der Waals surface area contributed by atoms with Crippen molar-refractivity contribution in [3.05, 3.63) is 50.6 Å². The molecule has 85 heavy (non-hydrogen) atoms. The summed E-state index contributed by atoms with van der Waals surface area (Å²) in [5, 5.41) is 28.3. The van der Waals surface area contributed by atoms with Crippen LogP contribution in [0.1, 0.15) is 193 Å². The molecule has 491 valence electrons. The van der Waals surface area contributed by atoms with Crippen molar-refractivity contribution in [1.29, 1.82) is 0 Å². The summed E-state index contributed by atoms with van der Waals surface area (Å²) in [7, 11) is 3.70. The van der Waals surface area contributed by atoms with Gasteiger partial charge in [0.25, 0.3) is 0 Å². The number of alkyl halides is 2. The average molecular weight is 1220 g/mol. The van der Waals surface area contributed by atoms with Crippen LogP contribution >= 0.6 is 0 Å². The largest absolute Gasteiger partial charge is 0.480 e. The van der Waals surface area contributed by atoms with Gasteiger partial charge >= 0.3 is 48.3 Å². The smallest absolute Gasteiger partial charge is 0.408 e. The molecule has 0 rings (SSSR count). The minimum absolute atomic E-state index is 0. The van der Waals surface area contributed by atoms with Crippen LogP contribution in [0.15, 0.2) is 50.6 Å². The van der Waals surface area contributed by atoms with Gasteiger partial charge in [-0.25, -0.2) is 47.1 Å². The number of halogens is 2. The molecule has 3 radical (unpaired) electrons. The zero-order valence-electron chi connectivity index (χ0n) is 52.8. The molecule has 0 spiro atoms. The first-order valence-corrected chi connectivity index (χ1v) is 27.6. The molecule has 0 heterocycles. The first-order valence-electron chi connectivity index (χ1n) is 27.6. The highest BCUT2D eigenvalue weighted by molar-refractivity contribution is 5.84. The van der Waals surface area contributed by atoms with Crippen LogP contribution in [0.25, 0.3) is 0 Å². The number of carbonyl (C=O) groups is 9. The maximum atomic E-state index is 13.6. The van der Waals surface area contributed by atoms with Crippen molar-refractivity contribution in [3.63, 3.8) is 0 Å². The van der Waals surface area contributed by atoms with Gasteiger partial charge in [0.1, 0.15) is 64.7 Å². The lowest BCUT2D eigenvalue weighted by atomic mass is 10.0. The second-order valence-electron chi connectivity index (χ2n) is 22.8. The van der Waals surface area contributed by atoms with Crippen LogP contribution in [-0.2, 0) is 57.1 Å². The third kappa shape index (κ3) is 57.7. The lowest BCUT2D eigenvalue weighted by molar-refractivity contribution is -0.144. The van der Waals surface area contributed by atoms with Crippen molar-refractivity contribution in [2.45, 2.75) is 258 Å². The fraction of sp³-hybridized carbons (Fsp3) is 0.717. The van der Waals surface area contributed by atoms with Crippen LogP contribution in [-0.4, -0.2) is 159 Å². The summed E-state index contributed by atoms with van der Waals surface area (Å²) in [4.78, 5) is 104. The Morgan fingerprint density at radius 1 is 0.424 bits per heavy atom. The number of carbonyl (C=O) groups excluding carboxylic acids is 8. The van der Waals surface area contributed by atoms with Gasteiger partial charge in [0.15, 0.2) is 0 Å². The van der Waals surface area contributed by atoms with Crippen molar-refractivity contribution < 1.29 is 95.3 Å². The van der Waals surface area contributed by atoms with Gasteiger partial charge in [-0.2, -0.15) is 0 Å². The molecular formula is C60H106BF2N4O18. The minimum Gasteiger partial charge on any atom is -0.480 e. The minimum atomic E-state index is -1.20. The van der Waals surface area contributed by atoms with E-state index in [1.165, 1.54) is 21.3 Å². The SMILES string of the molecule is C.C=CCCC(=O)CCC(NC(=O)OC(C)(C)C)C(=O)OC.C=CCCC(F)CCC(NC(=O)OC(C)(C)C)C(=O)O.C=CCCC(F)CCC(NC(=O)OC(C)(C)C)C(=O)OC.C=CCCC(O)CCC(NC(=O)OC(C)(C)C)C(=O)OC.[B]. The molecule has 0 saturated carbocycles. The van der Waals surface area contributed by atoms with Gasteiger partial charge < -0.3 is 64.6 Å². The topological polar surface area (TPSA) is 307 Å². The van der Waals surface area contributed by atoms with Gasteiger partial charge in [0.05, 0.1) is 27.4 Å². The molecule has 7 atom stereocenters. The Balaban J connectivity index is -0.000000243. The third-order valence-electron chi connectivity index (χ3n) is 10.3. The van der Waals surface area contributed by atoms with Crippen LogP contribution in [0.5, 0.6) is 0 Å². The summed E-state index contributed by atoms with van der Waals surface area (Å²) in [6.45, 7) is 34.7. The van der Waals surface area contributed by atoms with E-state index < -0.39 is 113 Å². The zero-order chi connectivity index (χ0) is 65.2. The van der Waals surface area contributed by atoms with E-state index in [1.54, 1.807) is 107 Å². The summed E-state index contributed by atoms with van der Waals surface area (Å²) in [6, 6.07) is -3.78. The number of allylic oxidation sites excluding steroid dienone is 4. The molecule has 6 N–H and O–H groups in total. The summed E-state index contributed by atoms with van der Waals surface area (Å²) >= 11 is 0. The van der Waals surface area contributed by atoms with E-state index in [-0.39, 0.29) is 66.6 Å². The molecule has 0 aromatic rings. The number of aliphatic carboxylic acids is 1. The van der Waals surface area contributed by atoms with E-state index in [2.05, 4.69) is 61.8 Å². The lowest BCUT2D eigenvalue weighted by Crippen LogP contribution is -2.44. The summed E-state index contributed by atoms with van der Waals surface area (Å²) in [5.41, 5.74) is -2.68. The normalized spacial score (nSPS) is 13.2. The molecule has 0 saturated heterocycles. The monoisotopic (exact) mass is 1220 g/mol. The van der Waals surface area contributed by atoms with Gasteiger partial charge in [-0.1, -0.05) is 31.7 Å². The zero-order valence-corrected chi connectivity index (χ0v) is 52.8. The Bertz CT molecular complexity index is 1920. The maximum Gasteiger partial charge on any atom is 0.408 e. The number of esters is 3. The number of aliphatic hydroxyl groups is 1. The molecule has 0 aromatic carbocycles. The number of nitrogens with one attached hydrogen (secondary N) is 4. The molecule has 0 bridgehead atoms. The highest BCUT2D eigenvalue weighted by Crippen LogP contribution is 2.17. The first-order chi connectivity index (χ1) is 38.2. The lowest BCUT2D eigenvalue weighted by Gasteiger charge is -2.23. The third-order valence-corrected chi connectivity index (χ3v) is 10.3. The van der Waals surface area contributed by atoms with E-state index in [0.29, 0.717) is 57.8 Å². The Morgan fingerprint density at radius 2 is 0.694 bits per heavy atom. The summed E-state index contributed by atoms with van der Waals surface area (Å²) in [5.74, 6) is -2.97. The van der Waals surface area contributed by atoms with Crippen molar-refractivity contribution in [1.82, 2.24) is 21.3 Å². The number of aliphatic hydroxyl groups excluding tert-OH is 1. The number of carboxylic acid groups (broad SMARTS) is 1. The molecule has 25 heteroatoms. The summed E-state index contributed by atoms with van der Waals surface area (Å²) < 4.78 is 61.1. The molecule has 0 aliphatic carbocycles. The Morgan fingerprint density at radius 3 is 0.976 bits per heavy atom. The maximum absolute atomic E-state index is 13.6. The molecule has 22 nitrogen and oxygen atoms in total. The second kappa shape index (κ2) is 48.7. The number of ether oxygens (including phenoxy) is 7. The van der Waals surface area contributed by atoms with E-state index in [4.69, 9.17) is 24.1 Å². The predicted octanol–water partition coefficient (Wildman–Crippen LogP) is 11.0. The van der Waals surface area contributed by atoms with Crippen molar-refractivity contribution in [3.8, 4) is 0 Å². The van der Waals surface area contributed by atoms with Crippen molar-refractivity contribution >= 4 is 62.4 Å². The number of Topliss-reactive ketones (excluding diaryl/α,β-unsaturated/α-hetero) is 1. The van der Waals surface area contributed by atoms with Gasteiger partial charge in [0.2, 0.25) is 0 Å². The van der Waals surface area contributed by atoms with Crippen LogP contribution in [0, 0.1) is 0 Å². The Labute approximate surface area is 507 Å². The fourth-order valence-electron chi connectivity index (χ4n) is 6.32. The van der Waals surface area contributed by atoms with Crippen molar-refractivity contribution in [2.24, 2.45) is 0 Å². The first kappa shape index (κ1) is 89.7. The van der Waals surface area contributed by atoms with Crippen LogP contribution in [0.4, 0.5) is 28.0 Å². The number of rotatable bonds is 32. The molecule has 0 fully saturated rings. The molecule has 0 aromatic heterocycles. The van der Waals surface area contributed by atoms with Gasteiger partial charge in [0, 0.05) is 21.3 Å². The molecule has 7 unspecified atom stereocenters. The van der Waals surface area contributed by atoms with E-state index in [0.717, 1.165) is 0 Å². The predicted molar refractivity (Wildman–Crippen MR) is 324 cm³/mol. The molecule has 0 aliphatic rings. The number of hydrogen-bond acceptors (Lipinski definition) is 17.